The first-order valence-corrected chi connectivity index (χ1v) is 13.0. The van der Waals surface area contributed by atoms with E-state index < -0.39 is 64.4 Å². The van der Waals surface area contributed by atoms with Gasteiger partial charge in [-0.25, -0.2) is 4.79 Å². The summed E-state index contributed by atoms with van der Waals surface area (Å²) in [6.45, 7) is 0.900. The zero-order valence-corrected chi connectivity index (χ0v) is 22.0. The smallest absolute Gasteiger partial charge is 0.425 e. The molecule has 0 bridgehead atoms. The van der Waals surface area contributed by atoms with Gasteiger partial charge < -0.3 is 9.47 Å². The maximum Gasteiger partial charge on any atom is 0.425 e. The standard InChI is InChI=1S/C28H28F9NO3/c1-16-22(21-15-19(26(29,30)31)13-14-20(21)23(40-2)17-9-5-3-6-10-17)41-24(39)38(16)25(27(32,33)34,28(35,36)37)18-11-7-4-8-12-18/h4,7-8,11-17,22-23H,3,5-6,9-10H2,1-2H3/t16-,22+,23-/m0/s1. The van der Waals surface area contributed by atoms with Crippen molar-refractivity contribution in [1.29, 1.82) is 0 Å². The highest BCUT2D eigenvalue weighted by Crippen LogP contribution is 2.58. The van der Waals surface area contributed by atoms with Crippen LogP contribution in [0.3, 0.4) is 0 Å². The van der Waals surface area contributed by atoms with Gasteiger partial charge in [0.15, 0.2) is 0 Å². The van der Waals surface area contributed by atoms with E-state index in [0.29, 0.717) is 31.0 Å². The Bertz CT molecular complexity index is 1210. The predicted octanol–water partition coefficient (Wildman–Crippen LogP) is 8.88. The van der Waals surface area contributed by atoms with Crippen molar-refractivity contribution in [2.45, 2.75) is 81.3 Å². The van der Waals surface area contributed by atoms with E-state index in [1.165, 1.54) is 13.2 Å². The van der Waals surface area contributed by atoms with E-state index in [4.69, 9.17) is 9.47 Å². The molecule has 4 rings (SSSR count). The van der Waals surface area contributed by atoms with Crippen LogP contribution in [0.25, 0.3) is 0 Å². The molecule has 1 saturated heterocycles. The van der Waals surface area contributed by atoms with Gasteiger partial charge in [-0.15, -0.1) is 0 Å². The highest BCUT2D eigenvalue weighted by Gasteiger charge is 2.78. The molecule has 1 heterocycles. The minimum Gasteiger partial charge on any atom is -0.439 e. The first kappa shape index (κ1) is 31.0. The molecule has 2 aromatic carbocycles. The van der Waals surface area contributed by atoms with Gasteiger partial charge in [-0.3, -0.25) is 4.90 Å². The van der Waals surface area contributed by atoms with Crippen molar-refractivity contribution >= 4 is 6.09 Å². The Morgan fingerprint density at radius 1 is 0.854 bits per heavy atom. The molecule has 0 radical (unpaired) electrons. The number of rotatable bonds is 6. The third-order valence-electron chi connectivity index (χ3n) is 8.00. The van der Waals surface area contributed by atoms with Crippen LogP contribution in [0.4, 0.5) is 44.3 Å². The molecule has 0 N–H and O–H groups in total. The molecule has 1 aliphatic heterocycles. The van der Waals surface area contributed by atoms with Gasteiger partial charge in [0, 0.05) is 12.7 Å². The number of halogens is 9. The normalized spacial score (nSPS) is 22.1. The van der Waals surface area contributed by atoms with Crippen LogP contribution in [0.1, 0.15) is 73.5 Å². The van der Waals surface area contributed by atoms with Crippen molar-refractivity contribution in [3.8, 4) is 0 Å². The summed E-state index contributed by atoms with van der Waals surface area (Å²) in [7, 11) is 1.32. The molecule has 1 aliphatic carbocycles. The molecular weight excluding hydrogens is 569 g/mol. The molecule has 1 amide bonds. The van der Waals surface area contributed by atoms with Gasteiger partial charge in [0.1, 0.15) is 6.10 Å². The second-order valence-electron chi connectivity index (χ2n) is 10.4. The molecule has 41 heavy (non-hydrogen) atoms. The van der Waals surface area contributed by atoms with Gasteiger partial charge in [-0.1, -0.05) is 55.7 Å². The van der Waals surface area contributed by atoms with E-state index >= 15 is 0 Å². The summed E-state index contributed by atoms with van der Waals surface area (Å²) >= 11 is 0. The minimum absolute atomic E-state index is 0.114. The number of hydrogen-bond donors (Lipinski definition) is 0. The maximum atomic E-state index is 14.7. The number of benzene rings is 2. The Kier molecular flexibility index (Phi) is 8.34. The lowest BCUT2D eigenvalue weighted by atomic mass is 9.79. The number of nitrogens with zero attached hydrogens (tertiary/aromatic N) is 1. The van der Waals surface area contributed by atoms with Gasteiger partial charge in [-0.05, 0) is 48.9 Å². The topological polar surface area (TPSA) is 38.8 Å². The minimum atomic E-state index is -6.08. The van der Waals surface area contributed by atoms with Crippen molar-refractivity contribution in [2.24, 2.45) is 5.92 Å². The molecule has 4 nitrogen and oxygen atoms in total. The number of carbonyl (C=O) groups is 1. The number of amides is 1. The lowest BCUT2D eigenvalue weighted by Crippen LogP contribution is -2.66. The van der Waals surface area contributed by atoms with Gasteiger partial charge >= 0.3 is 24.6 Å². The number of hydrogen-bond acceptors (Lipinski definition) is 3. The highest BCUT2D eigenvalue weighted by molar-refractivity contribution is 5.73. The Hall–Kier alpha value is -2.96. The molecule has 2 aromatic rings. The SMILES string of the molecule is CO[C@H](c1ccc(C(F)(F)F)cc1[C@@H]1OC(=O)N(C(c2ccccc2)(C(F)(F)F)C(F)(F)F)[C@H]1C)C1CCCCC1. The summed E-state index contributed by atoms with van der Waals surface area (Å²) in [5, 5.41) is 0. The summed E-state index contributed by atoms with van der Waals surface area (Å²) in [6.07, 6.45) is -17.8. The summed E-state index contributed by atoms with van der Waals surface area (Å²) in [5.41, 5.74) is -7.56. The van der Waals surface area contributed by atoms with E-state index in [1.54, 1.807) is 0 Å². The third-order valence-corrected chi connectivity index (χ3v) is 8.00. The molecular formula is C28H28F9NO3. The van der Waals surface area contributed by atoms with Crippen LogP contribution in [-0.4, -0.2) is 36.5 Å². The molecule has 0 aromatic heterocycles. The van der Waals surface area contributed by atoms with Gasteiger partial charge in [-0.2, -0.15) is 39.5 Å². The molecule has 226 valence electrons. The zero-order valence-electron chi connectivity index (χ0n) is 22.0. The van der Waals surface area contributed by atoms with Crippen molar-refractivity contribution < 1.29 is 53.8 Å². The maximum absolute atomic E-state index is 14.7. The van der Waals surface area contributed by atoms with Crippen LogP contribution in [0.2, 0.25) is 0 Å². The van der Waals surface area contributed by atoms with Crippen LogP contribution < -0.4 is 0 Å². The number of carbonyl (C=O) groups excluding carboxylic acids is 1. The van der Waals surface area contributed by atoms with Crippen LogP contribution in [0.15, 0.2) is 48.5 Å². The van der Waals surface area contributed by atoms with Gasteiger partial charge in [0.05, 0.1) is 17.7 Å². The second-order valence-corrected chi connectivity index (χ2v) is 10.4. The van der Waals surface area contributed by atoms with Crippen LogP contribution >= 0.6 is 0 Å². The van der Waals surface area contributed by atoms with E-state index in [2.05, 4.69) is 0 Å². The number of alkyl halides is 9. The molecule has 1 saturated carbocycles. The van der Waals surface area contributed by atoms with Crippen molar-refractivity contribution in [3.63, 3.8) is 0 Å². The molecule has 13 heteroatoms. The first-order chi connectivity index (χ1) is 19.1. The fraction of sp³-hybridized carbons (Fsp3) is 0.536. The first-order valence-electron chi connectivity index (χ1n) is 13.0. The largest absolute Gasteiger partial charge is 0.439 e. The van der Waals surface area contributed by atoms with Gasteiger partial charge in [0.2, 0.25) is 0 Å². The van der Waals surface area contributed by atoms with E-state index in [9.17, 15) is 44.3 Å². The Balaban J connectivity index is 1.91. The summed E-state index contributed by atoms with van der Waals surface area (Å²) in [6, 6.07) is 4.81. The van der Waals surface area contributed by atoms with Crippen LogP contribution in [0.5, 0.6) is 0 Å². The quantitative estimate of drug-likeness (QED) is 0.312. The lowest BCUT2D eigenvalue weighted by Gasteiger charge is -2.44. The van der Waals surface area contributed by atoms with E-state index in [-0.39, 0.29) is 17.0 Å². The zero-order chi connectivity index (χ0) is 30.4. The number of methoxy groups -OCH3 is 1. The second kappa shape index (κ2) is 11.0. The fourth-order valence-corrected chi connectivity index (χ4v) is 6.18. The Labute approximate surface area is 230 Å². The number of ether oxygens (including phenoxy) is 2. The monoisotopic (exact) mass is 597 g/mol. The average molecular weight is 598 g/mol. The van der Waals surface area contributed by atoms with Gasteiger partial charge in [0.25, 0.3) is 5.54 Å². The summed E-state index contributed by atoms with van der Waals surface area (Å²) in [5.74, 6) is -0.165. The summed E-state index contributed by atoms with van der Waals surface area (Å²) in [4.78, 5) is 12.6. The van der Waals surface area contributed by atoms with Crippen LogP contribution in [0, 0.1) is 5.92 Å². The Morgan fingerprint density at radius 3 is 1.95 bits per heavy atom. The summed E-state index contributed by atoms with van der Waals surface area (Å²) < 4.78 is 140. The van der Waals surface area contributed by atoms with Crippen LogP contribution in [-0.2, 0) is 21.2 Å². The molecule has 0 unspecified atom stereocenters. The predicted molar refractivity (Wildman–Crippen MR) is 129 cm³/mol. The highest BCUT2D eigenvalue weighted by atomic mass is 19.4. The fourth-order valence-electron chi connectivity index (χ4n) is 6.18. The molecule has 3 atom stereocenters. The van der Waals surface area contributed by atoms with Crippen molar-refractivity contribution in [1.82, 2.24) is 4.90 Å². The van der Waals surface area contributed by atoms with E-state index in [1.807, 2.05) is 0 Å². The van der Waals surface area contributed by atoms with Crippen molar-refractivity contribution in [2.75, 3.05) is 7.11 Å². The lowest BCUT2D eigenvalue weighted by molar-refractivity contribution is -0.342. The molecule has 0 spiro atoms. The third kappa shape index (κ3) is 5.37. The Morgan fingerprint density at radius 2 is 1.44 bits per heavy atom. The molecule has 2 aliphatic rings. The molecule has 2 fully saturated rings. The average Bonchev–Trinajstić information content (AvgIpc) is 3.18. The van der Waals surface area contributed by atoms with Crippen molar-refractivity contribution in [3.05, 3.63) is 70.8 Å². The van der Waals surface area contributed by atoms with E-state index in [0.717, 1.165) is 50.5 Å². The number of cyclic esters (lactones) is 1.